The number of rotatable bonds is 5. The van der Waals surface area contributed by atoms with Crippen LogP contribution < -0.4 is 14.2 Å². The van der Waals surface area contributed by atoms with Gasteiger partial charge in [-0.2, -0.15) is 0 Å². The highest BCUT2D eigenvalue weighted by atomic mass is 16.5. The van der Waals surface area contributed by atoms with E-state index in [0.29, 0.717) is 43.2 Å². The zero-order valence-electron chi connectivity index (χ0n) is 12.4. The molecule has 0 saturated carbocycles. The molecule has 6 nitrogen and oxygen atoms in total. The first-order valence-electron chi connectivity index (χ1n) is 6.94. The maximum Gasteiger partial charge on any atom is 0.260 e. The predicted molar refractivity (Wildman–Crippen MR) is 76.9 cm³/mol. The molecule has 1 fully saturated rings. The SMILES string of the molecule is COc1cc(OC)cc(OCC(=O)N2CCC(O)CC2)c1. The van der Waals surface area contributed by atoms with Crippen molar-refractivity contribution >= 4 is 5.91 Å². The summed E-state index contributed by atoms with van der Waals surface area (Å²) in [6.45, 7) is 1.11. The minimum Gasteiger partial charge on any atom is -0.496 e. The molecule has 1 aromatic rings. The second-order valence-electron chi connectivity index (χ2n) is 4.95. The van der Waals surface area contributed by atoms with Gasteiger partial charge in [-0.25, -0.2) is 0 Å². The lowest BCUT2D eigenvalue weighted by atomic mass is 10.1. The molecule has 116 valence electrons. The molecule has 21 heavy (non-hydrogen) atoms. The third kappa shape index (κ3) is 4.26. The molecule has 1 heterocycles. The van der Waals surface area contributed by atoms with E-state index in [0.717, 1.165) is 0 Å². The third-order valence-electron chi connectivity index (χ3n) is 3.50. The molecule has 0 radical (unpaired) electrons. The fourth-order valence-corrected chi connectivity index (χ4v) is 2.22. The number of hydrogen-bond acceptors (Lipinski definition) is 5. The van der Waals surface area contributed by atoms with Gasteiger partial charge in [0.05, 0.1) is 20.3 Å². The fourth-order valence-electron chi connectivity index (χ4n) is 2.22. The average Bonchev–Trinajstić information content (AvgIpc) is 2.52. The van der Waals surface area contributed by atoms with E-state index in [1.54, 1.807) is 37.3 Å². The molecule has 1 aliphatic heterocycles. The number of aliphatic hydroxyl groups excluding tert-OH is 1. The smallest absolute Gasteiger partial charge is 0.260 e. The second kappa shape index (κ2) is 7.17. The van der Waals surface area contributed by atoms with Crippen LogP contribution >= 0.6 is 0 Å². The van der Waals surface area contributed by atoms with Crippen LogP contribution in [0.3, 0.4) is 0 Å². The van der Waals surface area contributed by atoms with Crippen molar-refractivity contribution in [1.82, 2.24) is 4.90 Å². The predicted octanol–water partition coefficient (Wildman–Crippen LogP) is 1.07. The van der Waals surface area contributed by atoms with Crippen LogP contribution in [0.2, 0.25) is 0 Å². The Morgan fingerprint density at radius 2 is 1.67 bits per heavy atom. The minimum absolute atomic E-state index is 0.0353. The Hall–Kier alpha value is -1.95. The van der Waals surface area contributed by atoms with E-state index < -0.39 is 0 Å². The number of carbonyl (C=O) groups is 1. The minimum atomic E-state index is -0.294. The first-order chi connectivity index (χ1) is 10.1. The molecule has 1 amide bonds. The van der Waals surface area contributed by atoms with Crippen LogP contribution in [0.1, 0.15) is 12.8 Å². The van der Waals surface area contributed by atoms with Gasteiger partial charge in [0.1, 0.15) is 17.2 Å². The maximum atomic E-state index is 12.0. The normalized spacial score (nSPS) is 15.7. The van der Waals surface area contributed by atoms with Crippen LogP contribution in [0.15, 0.2) is 18.2 Å². The molecule has 0 bridgehead atoms. The topological polar surface area (TPSA) is 68.2 Å². The van der Waals surface area contributed by atoms with E-state index in [1.165, 1.54) is 0 Å². The molecule has 1 aliphatic rings. The van der Waals surface area contributed by atoms with Crippen LogP contribution in [0.5, 0.6) is 17.2 Å². The summed E-state index contributed by atoms with van der Waals surface area (Å²) < 4.78 is 15.8. The zero-order chi connectivity index (χ0) is 15.2. The van der Waals surface area contributed by atoms with Gasteiger partial charge in [0, 0.05) is 31.3 Å². The average molecular weight is 295 g/mol. The molecule has 1 N–H and O–H groups in total. The summed E-state index contributed by atoms with van der Waals surface area (Å²) in [5, 5.41) is 9.43. The summed E-state index contributed by atoms with van der Waals surface area (Å²) in [5.74, 6) is 1.66. The number of benzene rings is 1. The van der Waals surface area contributed by atoms with Gasteiger partial charge in [-0.3, -0.25) is 4.79 Å². The summed E-state index contributed by atoms with van der Waals surface area (Å²) in [7, 11) is 3.12. The van der Waals surface area contributed by atoms with Gasteiger partial charge < -0.3 is 24.2 Å². The molecule has 1 saturated heterocycles. The van der Waals surface area contributed by atoms with Crippen LogP contribution in [-0.4, -0.2) is 55.9 Å². The number of piperidine rings is 1. The Morgan fingerprint density at radius 1 is 1.14 bits per heavy atom. The number of likely N-dealkylation sites (tertiary alicyclic amines) is 1. The van der Waals surface area contributed by atoms with E-state index >= 15 is 0 Å². The van der Waals surface area contributed by atoms with E-state index in [1.807, 2.05) is 0 Å². The van der Waals surface area contributed by atoms with E-state index in [4.69, 9.17) is 14.2 Å². The Balaban J connectivity index is 1.91. The summed E-state index contributed by atoms with van der Waals surface area (Å²) in [6, 6.07) is 5.15. The Bertz CT molecular complexity index is 461. The second-order valence-corrected chi connectivity index (χ2v) is 4.95. The van der Waals surface area contributed by atoms with Crippen molar-refractivity contribution in [2.24, 2.45) is 0 Å². The molecule has 1 aromatic carbocycles. The molecule has 0 spiro atoms. The number of carbonyl (C=O) groups excluding carboxylic acids is 1. The first kappa shape index (κ1) is 15.4. The van der Waals surface area contributed by atoms with Gasteiger partial charge in [-0.1, -0.05) is 0 Å². The highest BCUT2D eigenvalue weighted by Crippen LogP contribution is 2.27. The summed E-state index contributed by atoms with van der Waals surface area (Å²) in [5.41, 5.74) is 0. The van der Waals surface area contributed by atoms with Crippen molar-refractivity contribution in [2.45, 2.75) is 18.9 Å². The first-order valence-corrected chi connectivity index (χ1v) is 6.94. The summed E-state index contributed by atoms with van der Waals surface area (Å²) >= 11 is 0. The van der Waals surface area contributed by atoms with Gasteiger partial charge in [-0.05, 0) is 12.8 Å². The fraction of sp³-hybridized carbons (Fsp3) is 0.533. The maximum absolute atomic E-state index is 12.0. The number of amides is 1. The van der Waals surface area contributed by atoms with Crippen LogP contribution in [0, 0.1) is 0 Å². The number of nitrogens with zero attached hydrogens (tertiary/aromatic N) is 1. The monoisotopic (exact) mass is 295 g/mol. The van der Waals surface area contributed by atoms with E-state index in [2.05, 4.69) is 0 Å². The summed E-state index contributed by atoms with van der Waals surface area (Å²) in [4.78, 5) is 13.8. The quantitative estimate of drug-likeness (QED) is 0.880. The molecule has 2 rings (SSSR count). The van der Waals surface area contributed by atoms with Crippen molar-refractivity contribution < 1.29 is 24.1 Å². The molecule has 0 aliphatic carbocycles. The molecule has 0 atom stereocenters. The Kier molecular flexibility index (Phi) is 5.27. The molecule has 0 unspecified atom stereocenters. The highest BCUT2D eigenvalue weighted by Gasteiger charge is 2.21. The highest BCUT2D eigenvalue weighted by molar-refractivity contribution is 5.77. The van der Waals surface area contributed by atoms with Crippen molar-refractivity contribution in [2.75, 3.05) is 33.9 Å². The van der Waals surface area contributed by atoms with Gasteiger partial charge in [0.25, 0.3) is 5.91 Å². The lowest BCUT2D eigenvalue weighted by Gasteiger charge is -2.29. The van der Waals surface area contributed by atoms with Gasteiger partial charge in [-0.15, -0.1) is 0 Å². The van der Waals surface area contributed by atoms with E-state index in [9.17, 15) is 9.90 Å². The summed E-state index contributed by atoms with van der Waals surface area (Å²) in [6.07, 6.45) is 0.954. The largest absolute Gasteiger partial charge is 0.496 e. The van der Waals surface area contributed by atoms with Gasteiger partial charge in [0.2, 0.25) is 0 Å². The lowest BCUT2D eigenvalue weighted by molar-refractivity contribution is -0.135. The Morgan fingerprint density at radius 3 is 2.19 bits per heavy atom. The standard InChI is InChI=1S/C15H21NO5/c1-19-12-7-13(20-2)9-14(8-12)21-10-15(18)16-5-3-11(17)4-6-16/h7-9,11,17H,3-6,10H2,1-2H3. The number of ether oxygens (including phenoxy) is 3. The molecular formula is C15H21NO5. The van der Waals surface area contributed by atoms with Crippen molar-refractivity contribution in [3.8, 4) is 17.2 Å². The van der Waals surface area contributed by atoms with E-state index in [-0.39, 0.29) is 18.6 Å². The van der Waals surface area contributed by atoms with Crippen LogP contribution in [0.4, 0.5) is 0 Å². The number of methoxy groups -OCH3 is 2. The van der Waals surface area contributed by atoms with Gasteiger partial charge >= 0.3 is 0 Å². The molecule has 0 aromatic heterocycles. The Labute approximate surface area is 124 Å². The van der Waals surface area contributed by atoms with Crippen molar-refractivity contribution in [1.29, 1.82) is 0 Å². The lowest BCUT2D eigenvalue weighted by Crippen LogP contribution is -2.42. The molecular weight excluding hydrogens is 274 g/mol. The third-order valence-corrected chi connectivity index (χ3v) is 3.50. The van der Waals surface area contributed by atoms with Crippen molar-refractivity contribution in [3.63, 3.8) is 0 Å². The van der Waals surface area contributed by atoms with Gasteiger partial charge in [0.15, 0.2) is 6.61 Å². The zero-order valence-corrected chi connectivity index (χ0v) is 12.4. The number of hydrogen-bond donors (Lipinski definition) is 1. The van der Waals surface area contributed by atoms with Crippen LogP contribution in [-0.2, 0) is 4.79 Å². The molecule has 6 heteroatoms. The van der Waals surface area contributed by atoms with Crippen LogP contribution in [0.25, 0.3) is 0 Å². The van der Waals surface area contributed by atoms with Crippen molar-refractivity contribution in [3.05, 3.63) is 18.2 Å². The number of aliphatic hydroxyl groups is 1.